The highest BCUT2D eigenvalue weighted by Gasteiger charge is 2.13. The lowest BCUT2D eigenvalue weighted by Gasteiger charge is -2.26. The van der Waals surface area contributed by atoms with Crippen molar-refractivity contribution in [2.45, 2.75) is 6.92 Å². The molecule has 8 nitrogen and oxygen atoms in total. The monoisotopic (exact) mass is 462 g/mol. The molecular formula is C25H27FN6O2. The van der Waals surface area contributed by atoms with E-state index >= 15 is 0 Å². The lowest BCUT2D eigenvalue weighted by Crippen LogP contribution is -2.38. The molecule has 4 aromatic rings. The van der Waals surface area contributed by atoms with Gasteiger partial charge >= 0.3 is 0 Å². The minimum Gasteiger partial charge on any atom is -0.490 e. The molecule has 0 aliphatic carbocycles. The zero-order chi connectivity index (χ0) is 23.3. The molecule has 9 heteroatoms. The van der Waals surface area contributed by atoms with Gasteiger partial charge in [-0.2, -0.15) is 4.98 Å². The molecule has 1 aliphatic rings. The highest BCUT2D eigenvalue weighted by molar-refractivity contribution is 5.85. The summed E-state index contributed by atoms with van der Waals surface area (Å²) in [6, 6.07) is 14.7. The Balaban J connectivity index is 1.27. The quantitative estimate of drug-likeness (QED) is 0.353. The molecule has 2 aromatic heterocycles. The lowest BCUT2D eigenvalue weighted by molar-refractivity contribution is 0.0323. The number of H-pyrrole nitrogens is 1. The third-order valence-corrected chi connectivity index (χ3v) is 5.69. The fourth-order valence-corrected chi connectivity index (χ4v) is 3.96. The number of hydrogen-bond acceptors (Lipinski definition) is 7. The second kappa shape index (κ2) is 10.1. The third kappa shape index (κ3) is 5.11. The van der Waals surface area contributed by atoms with Gasteiger partial charge in [-0.15, -0.1) is 0 Å². The fourth-order valence-electron chi connectivity index (χ4n) is 3.96. The van der Waals surface area contributed by atoms with Crippen LogP contribution in [0.5, 0.6) is 5.75 Å². The van der Waals surface area contributed by atoms with Crippen LogP contribution in [0, 0.1) is 12.7 Å². The zero-order valence-electron chi connectivity index (χ0n) is 19.0. The minimum atomic E-state index is -0.325. The molecular weight excluding hydrogens is 435 g/mol. The normalized spacial score (nSPS) is 14.3. The first-order chi connectivity index (χ1) is 16.7. The Hall–Kier alpha value is -3.69. The number of ether oxygens (including phenoxy) is 2. The summed E-state index contributed by atoms with van der Waals surface area (Å²) < 4.78 is 26.4. The maximum absolute atomic E-state index is 15.0. The van der Waals surface area contributed by atoms with Crippen molar-refractivity contribution < 1.29 is 13.9 Å². The van der Waals surface area contributed by atoms with Crippen LogP contribution in [-0.2, 0) is 4.74 Å². The van der Waals surface area contributed by atoms with Crippen molar-refractivity contribution in [3.8, 4) is 5.75 Å². The minimum absolute atomic E-state index is 0.325. The van der Waals surface area contributed by atoms with Crippen LogP contribution in [0.2, 0.25) is 0 Å². The van der Waals surface area contributed by atoms with Crippen molar-refractivity contribution in [2.75, 3.05) is 50.1 Å². The molecule has 176 valence electrons. The van der Waals surface area contributed by atoms with Gasteiger partial charge < -0.3 is 25.1 Å². The molecule has 1 fully saturated rings. The number of nitrogens with zero attached hydrogens (tertiary/aromatic N) is 3. The van der Waals surface area contributed by atoms with E-state index in [-0.39, 0.29) is 5.82 Å². The molecule has 5 rings (SSSR count). The number of aryl methyl sites for hydroxylation is 1. The van der Waals surface area contributed by atoms with Crippen LogP contribution in [0.3, 0.4) is 0 Å². The van der Waals surface area contributed by atoms with Gasteiger partial charge in [0.1, 0.15) is 18.2 Å². The summed E-state index contributed by atoms with van der Waals surface area (Å²) in [5.41, 5.74) is 2.78. The van der Waals surface area contributed by atoms with Gasteiger partial charge in [-0.05, 0) is 43.3 Å². The molecule has 3 N–H and O–H groups in total. The molecule has 0 bridgehead atoms. The predicted octanol–water partition coefficient (Wildman–Crippen LogP) is 4.60. The van der Waals surface area contributed by atoms with Crippen LogP contribution in [0.15, 0.2) is 54.7 Å². The predicted molar refractivity (Wildman–Crippen MR) is 131 cm³/mol. The number of para-hydroxylation sites is 2. The summed E-state index contributed by atoms with van der Waals surface area (Å²) in [7, 11) is 0. The number of halogens is 1. The molecule has 3 heterocycles. The Kier molecular flexibility index (Phi) is 6.55. The molecule has 1 aliphatic heterocycles. The summed E-state index contributed by atoms with van der Waals surface area (Å²) in [4.78, 5) is 14.3. The Morgan fingerprint density at radius 1 is 1.09 bits per heavy atom. The first kappa shape index (κ1) is 22.1. The summed E-state index contributed by atoms with van der Waals surface area (Å²) >= 11 is 0. The number of nitrogens with one attached hydrogen (secondary N) is 3. The Morgan fingerprint density at radius 2 is 1.94 bits per heavy atom. The van der Waals surface area contributed by atoms with Crippen LogP contribution >= 0.6 is 0 Å². The highest BCUT2D eigenvalue weighted by atomic mass is 19.1. The van der Waals surface area contributed by atoms with E-state index in [1.807, 2.05) is 37.3 Å². The standard InChI is InChI=1S/C25H27FN6O2/c1-17-16-18-19(28-17)6-7-21(24(18)26)29-23-8-9-27-25(31-23)30-20-4-2-3-5-22(20)34-15-12-32-10-13-33-14-11-32/h2-9,16,28H,10-15H2,1H3,(H2,27,29,30,31). The summed E-state index contributed by atoms with van der Waals surface area (Å²) in [6.07, 6.45) is 1.62. The van der Waals surface area contributed by atoms with E-state index in [0.29, 0.717) is 29.4 Å². The van der Waals surface area contributed by atoms with Crippen molar-refractivity contribution in [3.63, 3.8) is 0 Å². The first-order valence-corrected chi connectivity index (χ1v) is 11.3. The SMILES string of the molecule is Cc1cc2c(F)c(Nc3ccnc(Nc4ccccc4OCCN4CCOCC4)n3)ccc2[nH]1. The number of fused-ring (bicyclic) bond motifs is 1. The number of anilines is 4. The lowest BCUT2D eigenvalue weighted by atomic mass is 10.2. The Morgan fingerprint density at radius 3 is 2.82 bits per heavy atom. The molecule has 0 saturated carbocycles. The summed E-state index contributed by atoms with van der Waals surface area (Å²) in [5, 5.41) is 6.81. The van der Waals surface area contributed by atoms with Crippen LogP contribution in [0.1, 0.15) is 5.69 Å². The maximum atomic E-state index is 15.0. The van der Waals surface area contributed by atoms with E-state index in [9.17, 15) is 4.39 Å². The van der Waals surface area contributed by atoms with Gasteiger partial charge in [-0.3, -0.25) is 4.90 Å². The molecule has 0 amide bonds. The smallest absolute Gasteiger partial charge is 0.229 e. The van der Waals surface area contributed by atoms with Crippen LogP contribution in [0.25, 0.3) is 10.9 Å². The van der Waals surface area contributed by atoms with Crippen molar-refractivity contribution in [3.05, 3.63) is 66.2 Å². The van der Waals surface area contributed by atoms with Gasteiger partial charge in [0, 0.05) is 42.4 Å². The molecule has 2 aromatic carbocycles. The van der Waals surface area contributed by atoms with E-state index in [2.05, 4.69) is 30.5 Å². The van der Waals surface area contributed by atoms with Gasteiger partial charge in [-0.1, -0.05) is 12.1 Å². The van der Waals surface area contributed by atoms with Crippen molar-refractivity contribution in [1.82, 2.24) is 19.9 Å². The van der Waals surface area contributed by atoms with Gasteiger partial charge in [0.25, 0.3) is 0 Å². The second-order valence-electron chi connectivity index (χ2n) is 8.15. The van der Waals surface area contributed by atoms with Crippen molar-refractivity contribution in [1.29, 1.82) is 0 Å². The molecule has 0 unspecified atom stereocenters. The number of aromatic nitrogens is 3. The highest BCUT2D eigenvalue weighted by Crippen LogP contribution is 2.29. The topological polar surface area (TPSA) is 87.3 Å². The second-order valence-corrected chi connectivity index (χ2v) is 8.15. The van der Waals surface area contributed by atoms with Gasteiger partial charge in [0.05, 0.1) is 24.6 Å². The average molecular weight is 463 g/mol. The summed E-state index contributed by atoms with van der Waals surface area (Å²) in [6.45, 7) is 6.69. The number of aromatic amines is 1. The van der Waals surface area contributed by atoms with Crippen LogP contribution in [0.4, 0.5) is 27.5 Å². The van der Waals surface area contributed by atoms with Gasteiger partial charge in [0.15, 0.2) is 5.82 Å². The van der Waals surface area contributed by atoms with Crippen molar-refractivity contribution >= 4 is 34.0 Å². The number of hydrogen-bond donors (Lipinski definition) is 3. The maximum Gasteiger partial charge on any atom is 0.229 e. The summed E-state index contributed by atoms with van der Waals surface area (Å²) in [5.74, 6) is 1.26. The molecule has 0 radical (unpaired) electrons. The Bertz CT molecular complexity index is 1270. The number of rotatable bonds is 8. The van der Waals surface area contributed by atoms with Gasteiger partial charge in [-0.25, -0.2) is 9.37 Å². The van der Waals surface area contributed by atoms with E-state index in [0.717, 1.165) is 55.5 Å². The Labute approximate surface area is 197 Å². The molecule has 0 atom stereocenters. The molecule has 0 spiro atoms. The van der Waals surface area contributed by atoms with Crippen LogP contribution in [-0.4, -0.2) is 59.3 Å². The van der Waals surface area contributed by atoms with E-state index in [4.69, 9.17) is 9.47 Å². The first-order valence-electron chi connectivity index (χ1n) is 11.3. The fraction of sp³-hybridized carbons (Fsp3) is 0.280. The number of morpholine rings is 1. The molecule has 34 heavy (non-hydrogen) atoms. The largest absolute Gasteiger partial charge is 0.490 e. The van der Waals surface area contributed by atoms with E-state index < -0.39 is 0 Å². The molecule has 1 saturated heterocycles. The van der Waals surface area contributed by atoms with E-state index in [1.165, 1.54) is 0 Å². The average Bonchev–Trinajstić information content (AvgIpc) is 3.24. The van der Waals surface area contributed by atoms with E-state index in [1.54, 1.807) is 24.4 Å². The van der Waals surface area contributed by atoms with Gasteiger partial charge in [0.2, 0.25) is 5.95 Å². The van der Waals surface area contributed by atoms with Crippen LogP contribution < -0.4 is 15.4 Å². The zero-order valence-corrected chi connectivity index (χ0v) is 19.0. The third-order valence-electron chi connectivity index (χ3n) is 5.69. The number of benzene rings is 2. The van der Waals surface area contributed by atoms with Crippen molar-refractivity contribution in [2.24, 2.45) is 0 Å².